The number of benzene rings is 1. The van der Waals surface area contributed by atoms with E-state index in [4.69, 9.17) is 10.2 Å². The Bertz CT molecular complexity index is 590. The van der Waals surface area contributed by atoms with Crippen LogP contribution in [0, 0.1) is 0 Å². The summed E-state index contributed by atoms with van der Waals surface area (Å²) in [7, 11) is -1.76. The average Bonchev–Trinajstić information content (AvgIpc) is 2.48. The number of hydrogen-bond donors (Lipinski definition) is 1. The molecule has 0 amide bonds. The van der Waals surface area contributed by atoms with Crippen LogP contribution in [0.15, 0.2) is 18.2 Å². The molecule has 1 saturated heterocycles. The largest absolute Gasteiger partial charge is 0.416 e. The first-order chi connectivity index (χ1) is 11.5. The number of nitrogens with zero attached hydrogens (tertiary/aromatic N) is 1. The molecule has 1 aromatic carbocycles. The first-order valence-corrected chi connectivity index (χ1v) is 11.8. The third-order valence-electron chi connectivity index (χ3n) is 5.16. The van der Waals surface area contributed by atoms with E-state index in [0.717, 1.165) is 25.5 Å². The van der Waals surface area contributed by atoms with Gasteiger partial charge in [-0.05, 0) is 55.7 Å². The van der Waals surface area contributed by atoms with Crippen molar-refractivity contribution in [2.24, 2.45) is 0 Å². The predicted molar refractivity (Wildman–Crippen MR) is 97.8 cm³/mol. The van der Waals surface area contributed by atoms with Gasteiger partial charge in [-0.1, -0.05) is 19.9 Å². The van der Waals surface area contributed by atoms with E-state index >= 15 is 0 Å². The van der Waals surface area contributed by atoms with E-state index in [2.05, 4.69) is 31.8 Å². The van der Waals surface area contributed by atoms with Crippen LogP contribution in [0.25, 0.3) is 0 Å². The maximum absolute atomic E-state index is 13.3. The van der Waals surface area contributed by atoms with Crippen LogP contribution in [0.3, 0.4) is 0 Å². The number of halogens is 3. The molecule has 0 aliphatic carbocycles. The van der Waals surface area contributed by atoms with Crippen molar-refractivity contribution in [1.82, 2.24) is 4.90 Å². The molecule has 7 heteroatoms. The molecule has 0 aromatic heterocycles. The zero-order valence-electron chi connectivity index (χ0n) is 15.5. The van der Waals surface area contributed by atoms with Crippen LogP contribution < -0.4 is 5.73 Å². The van der Waals surface area contributed by atoms with Gasteiger partial charge in [-0.2, -0.15) is 13.2 Å². The van der Waals surface area contributed by atoms with Crippen molar-refractivity contribution in [2.45, 2.75) is 64.1 Å². The van der Waals surface area contributed by atoms with Crippen LogP contribution >= 0.6 is 0 Å². The predicted octanol–water partition coefficient (Wildman–Crippen LogP) is 4.88. The highest BCUT2D eigenvalue weighted by Crippen LogP contribution is 2.34. The molecular weight excluding hydrogens is 345 g/mol. The van der Waals surface area contributed by atoms with Gasteiger partial charge in [0.1, 0.15) is 0 Å². The van der Waals surface area contributed by atoms with Gasteiger partial charge in [0, 0.05) is 18.8 Å². The van der Waals surface area contributed by atoms with E-state index in [0.29, 0.717) is 12.1 Å². The summed E-state index contributed by atoms with van der Waals surface area (Å²) < 4.78 is 46.2. The Balaban J connectivity index is 2.09. The molecule has 0 saturated carbocycles. The number of rotatable bonds is 5. The molecule has 3 nitrogen and oxygen atoms in total. The van der Waals surface area contributed by atoms with Gasteiger partial charge >= 0.3 is 6.18 Å². The molecule has 142 valence electrons. The van der Waals surface area contributed by atoms with E-state index in [1.165, 1.54) is 12.1 Å². The third kappa shape index (κ3) is 5.46. The molecule has 1 unspecified atom stereocenters. The minimum absolute atomic E-state index is 0.112. The Morgan fingerprint density at radius 2 is 2.00 bits per heavy atom. The minimum Gasteiger partial charge on any atom is -0.413 e. The van der Waals surface area contributed by atoms with Gasteiger partial charge in [0.2, 0.25) is 0 Å². The second-order valence-electron chi connectivity index (χ2n) is 7.79. The zero-order chi connectivity index (χ0) is 18.8. The molecule has 0 radical (unpaired) electrons. The van der Waals surface area contributed by atoms with E-state index in [1.54, 1.807) is 0 Å². The molecule has 0 bridgehead atoms. The molecule has 1 aromatic rings. The monoisotopic (exact) mass is 374 g/mol. The molecule has 1 heterocycles. The van der Waals surface area contributed by atoms with E-state index in [-0.39, 0.29) is 23.9 Å². The van der Waals surface area contributed by atoms with Gasteiger partial charge in [-0.15, -0.1) is 0 Å². The summed E-state index contributed by atoms with van der Waals surface area (Å²) >= 11 is 0. The standard InChI is InChI=1S/C18H29F3N2OSi/c1-13(2)25(3,4)24-16-6-5-9-23(12-16)11-14-7-8-15(22)10-17(14)18(19,20)21/h7-8,10,13,16H,5-6,9,11-12,22H2,1-4H3. The second kappa shape index (κ2) is 7.68. The second-order valence-corrected chi connectivity index (χ2v) is 12.4. The van der Waals surface area contributed by atoms with Crippen molar-refractivity contribution in [1.29, 1.82) is 0 Å². The van der Waals surface area contributed by atoms with E-state index in [1.807, 2.05) is 0 Å². The lowest BCUT2D eigenvalue weighted by molar-refractivity contribution is -0.138. The summed E-state index contributed by atoms with van der Waals surface area (Å²) in [4.78, 5) is 2.07. The molecular formula is C18H29F3N2OSi. The van der Waals surface area contributed by atoms with Crippen molar-refractivity contribution >= 4 is 14.0 Å². The van der Waals surface area contributed by atoms with Crippen LogP contribution in [0.5, 0.6) is 0 Å². The Labute approximate surface area is 149 Å². The molecule has 0 spiro atoms. The lowest BCUT2D eigenvalue weighted by atomic mass is 10.0. The van der Waals surface area contributed by atoms with Crippen molar-refractivity contribution in [3.63, 3.8) is 0 Å². The number of nitrogens with two attached hydrogens (primary N) is 1. The summed E-state index contributed by atoms with van der Waals surface area (Å²) in [6.45, 7) is 10.5. The van der Waals surface area contributed by atoms with Crippen molar-refractivity contribution < 1.29 is 17.6 Å². The highest BCUT2D eigenvalue weighted by Gasteiger charge is 2.35. The maximum Gasteiger partial charge on any atom is 0.416 e. The van der Waals surface area contributed by atoms with E-state index in [9.17, 15) is 13.2 Å². The Morgan fingerprint density at radius 1 is 1.32 bits per heavy atom. The highest BCUT2D eigenvalue weighted by molar-refractivity contribution is 6.72. The summed E-state index contributed by atoms with van der Waals surface area (Å²) in [5, 5.41) is 0. The maximum atomic E-state index is 13.3. The molecule has 1 aliphatic rings. The lowest BCUT2D eigenvalue weighted by Crippen LogP contribution is -2.46. The molecule has 25 heavy (non-hydrogen) atoms. The average molecular weight is 375 g/mol. The van der Waals surface area contributed by atoms with Crippen molar-refractivity contribution in [3.8, 4) is 0 Å². The Morgan fingerprint density at radius 3 is 2.60 bits per heavy atom. The van der Waals surface area contributed by atoms with Crippen LogP contribution in [0.2, 0.25) is 18.6 Å². The molecule has 1 aliphatic heterocycles. The topological polar surface area (TPSA) is 38.5 Å². The fourth-order valence-corrected chi connectivity index (χ4v) is 4.38. The van der Waals surface area contributed by atoms with Gasteiger partial charge in [-0.25, -0.2) is 0 Å². The molecule has 2 N–H and O–H groups in total. The molecule has 2 rings (SSSR count). The van der Waals surface area contributed by atoms with Crippen LogP contribution in [0.1, 0.15) is 37.8 Å². The first-order valence-electron chi connectivity index (χ1n) is 8.85. The van der Waals surface area contributed by atoms with Crippen molar-refractivity contribution in [2.75, 3.05) is 18.8 Å². The molecule has 1 atom stereocenters. The number of nitrogen functional groups attached to an aromatic ring is 1. The minimum atomic E-state index is -4.39. The van der Waals surface area contributed by atoms with Crippen LogP contribution in [-0.2, 0) is 17.1 Å². The van der Waals surface area contributed by atoms with Gasteiger partial charge in [0.15, 0.2) is 8.32 Å². The quantitative estimate of drug-likeness (QED) is 0.589. The number of alkyl halides is 3. The fraction of sp³-hybridized carbons (Fsp3) is 0.667. The summed E-state index contributed by atoms with van der Waals surface area (Å²) in [6, 6.07) is 4.06. The van der Waals surface area contributed by atoms with Gasteiger partial charge in [-0.3, -0.25) is 4.90 Å². The number of piperidine rings is 1. The van der Waals surface area contributed by atoms with Gasteiger partial charge in [0.05, 0.1) is 11.7 Å². The zero-order valence-corrected chi connectivity index (χ0v) is 16.5. The smallest absolute Gasteiger partial charge is 0.413 e. The van der Waals surface area contributed by atoms with Crippen molar-refractivity contribution in [3.05, 3.63) is 29.3 Å². The first kappa shape index (κ1) is 20.3. The number of anilines is 1. The summed E-state index contributed by atoms with van der Waals surface area (Å²) in [5.41, 5.74) is 5.85. The summed E-state index contributed by atoms with van der Waals surface area (Å²) in [5.74, 6) is 0. The lowest BCUT2D eigenvalue weighted by Gasteiger charge is -2.38. The normalized spacial score (nSPS) is 20.2. The Hall–Kier alpha value is -1.05. The van der Waals surface area contributed by atoms with Gasteiger partial charge < -0.3 is 10.2 Å². The van der Waals surface area contributed by atoms with Crippen LogP contribution in [-0.4, -0.2) is 32.4 Å². The fourth-order valence-electron chi connectivity index (χ4n) is 3.06. The number of likely N-dealkylation sites (tertiary alicyclic amines) is 1. The third-order valence-corrected chi connectivity index (χ3v) is 8.88. The van der Waals surface area contributed by atoms with Gasteiger partial charge in [0.25, 0.3) is 0 Å². The van der Waals surface area contributed by atoms with Crippen LogP contribution in [0.4, 0.5) is 18.9 Å². The Kier molecular flexibility index (Phi) is 6.22. The SMILES string of the molecule is CC(C)[Si](C)(C)OC1CCCN(Cc2ccc(N)cc2C(F)(F)F)C1. The van der Waals surface area contributed by atoms with E-state index < -0.39 is 20.1 Å². The summed E-state index contributed by atoms with van der Waals surface area (Å²) in [6.07, 6.45) is -2.35. The number of hydrogen-bond acceptors (Lipinski definition) is 3. The highest BCUT2D eigenvalue weighted by atomic mass is 28.4. The molecule has 1 fully saturated rings.